The minimum atomic E-state index is -0.865. The summed E-state index contributed by atoms with van der Waals surface area (Å²) in [6.07, 6.45) is 24.7. The van der Waals surface area contributed by atoms with Crippen LogP contribution in [0.15, 0.2) is 0 Å². The highest BCUT2D eigenvalue weighted by atomic mass is 33.5. The molecule has 0 rings (SSSR count). The molecule has 0 amide bonds. The Kier molecular flexibility index (Phi) is 28.9. The molecule has 6 nitrogen and oxygen atoms in total. The Hall–Kier alpha value is 0.810. The Morgan fingerprint density at radius 2 is 0.683 bits per heavy atom. The number of methoxy groups -OCH3 is 6. The number of hydrogen-bond donors (Lipinski definition) is 0. The fourth-order valence-corrected chi connectivity index (χ4v) is 10.8. The Morgan fingerprint density at radius 3 is 0.951 bits per heavy atom. The van der Waals surface area contributed by atoms with Crippen molar-refractivity contribution < 1.29 is 28.4 Å². The van der Waals surface area contributed by atoms with Gasteiger partial charge in [-0.3, -0.25) is 0 Å². The van der Waals surface area contributed by atoms with E-state index in [1.165, 1.54) is 103 Å². The first-order chi connectivity index (χ1) is 19.9. The fraction of sp³-hybridized carbons (Fsp3) is 1.00. The number of hydrogen-bond acceptors (Lipinski definition) is 9. The van der Waals surface area contributed by atoms with Gasteiger partial charge in [-0.05, 0) is 48.4 Å². The first kappa shape index (κ1) is 41.8. The summed E-state index contributed by atoms with van der Waals surface area (Å²) in [5.41, 5.74) is 0. The second-order valence-electron chi connectivity index (χ2n) is 10.9. The molecule has 0 aliphatic heterocycles. The summed E-state index contributed by atoms with van der Waals surface area (Å²) in [7, 11) is 16.2. The largest absolute Gasteiger partial charge is 0.331 e. The van der Waals surface area contributed by atoms with Gasteiger partial charge in [-0.15, -0.1) is 0 Å². The maximum absolute atomic E-state index is 5.37. The highest BCUT2D eigenvalue weighted by Crippen LogP contribution is 2.44. The molecular weight excluding hydrogens is 577 g/mol. The SMILES string of the molecule is CCC(CCCCCCCCCC(OC)(OC)OC)SSSC(CC)CCCCCCCCCC(OC)(OC)OC. The van der Waals surface area contributed by atoms with Crippen molar-refractivity contribution >= 4 is 31.4 Å². The monoisotopic (exact) mass is 642 g/mol. The van der Waals surface area contributed by atoms with Crippen LogP contribution in [0.4, 0.5) is 0 Å². The Bertz CT molecular complexity index is 487. The highest BCUT2D eigenvalue weighted by Gasteiger charge is 2.29. The minimum Gasteiger partial charge on any atom is -0.331 e. The Morgan fingerprint density at radius 1 is 0.415 bits per heavy atom. The van der Waals surface area contributed by atoms with E-state index < -0.39 is 11.9 Å². The average Bonchev–Trinajstić information content (AvgIpc) is 3.01. The van der Waals surface area contributed by atoms with E-state index >= 15 is 0 Å². The van der Waals surface area contributed by atoms with Crippen molar-refractivity contribution in [2.45, 2.75) is 165 Å². The van der Waals surface area contributed by atoms with Gasteiger partial charge in [-0.25, -0.2) is 0 Å². The van der Waals surface area contributed by atoms with Crippen LogP contribution in [0.25, 0.3) is 0 Å². The van der Waals surface area contributed by atoms with Crippen LogP contribution < -0.4 is 0 Å². The van der Waals surface area contributed by atoms with Crippen molar-refractivity contribution in [1.82, 2.24) is 0 Å². The van der Waals surface area contributed by atoms with Crippen LogP contribution in [0.2, 0.25) is 0 Å². The van der Waals surface area contributed by atoms with Crippen molar-refractivity contribution in [3.05, 3.63) is 0 Å². The molecular formula is C32H66O6S3. The molecule has 0 N–H and O–H groups in total. The maximum Gasteiger partial charge on any atom is 0.282 e. The summed E-state index contributed by atoms with van der Waals surface area (Å²) >= 11 is 0. The second-order valence-corrected chi connectivity index (χ2v) is 15.6. The van der Waals surface area contributed by atoms with Gasteiger partial charge in [0.15, 0.2) is 0 Å². The fourth-order valence-electron chi connectivity index (χ4n) is 5.08. The third-order valence-electron chi connectivity index (χ3n) is 8.15. The van der Waals surface area contributed by atoms with Crippen molar-refractivity contribution in [3.8, 4) is 0 Å². The zero-order valence-corrected chi connectivity index (χ0v) is 30.4. The van der Waals surface area contributed by atoms with Crippen LogP contribution in [0.5, 0.6) is 0 Å². The van der Waals surface area contributed by atoms with Crippen molar-refractivity contribution in [1.29, 1.82) is 0 Å². The van der Waals surface area contributed by atoms with Gasteiger partial charge in [0.2, 0.25) is 0 Å². The molecule has 0 saturated carbocycles. The van der Waals surface area contributed by atoms with Gasteiger partial charge in [0.25, 0.3) is 11.9 Å². The van der Waals surface area contributed by atoms with Gasteiger partial charge in [0.1, 0.15) is 0 Å². The predicted octanol–water partition coefficient (Wildman–Crippen LogP) is 10.8. The molecule has 0 aromatic rings. The van der Waals surface area contributed by atoms with E-state index in [2.05, 4.69) is 45.3 Å². The zero-order valence-electron chi connectivity index (χ0n) is 28.0. The molecule has 0 saturated heterocycles. The molecule has 2 atom stereocenters. The summed E-state index contributed by atoms with van der Waals surface area (Å²) < 4.78 is 32.2. The third kappa shape index (κ3) is 20.5. The lowest BCUT2D eigenvalue weighted by molar-refractivity contribution is -0.355. The molecule has 0 bridgehead atoms. The molecule has 0 aromatic carbocycles. The lowest BCUT2D eigenvalue weighted by atomic mass is 10.1. The molecule has 0 aromatic heterocycles. The highest BCUT2D eigenvalue weighted by molar-refractivity contribution is 9.09. The molecule has 41 heavy (non-hydrogen) atoms. The summed E-state index contributed by atoms with van der Waals surface area (Å²) in [5.74, 6) is -1.73. The molecule has 0 aliphatic carbocycles. The van der Waals surface area contributed by atoms with E-state index in [0.29, 0.717) is 0 Å². The van der Waals surface area contributed by atoms with Crippen LogP contribution in [0.3, 0.4) is 0 Å². The zero-order chi connectivity index (χ0) is 30.7. The number of unbranched alkanes of at least 4 members (excludes halogenated alkanes) is 12. The quantitative estimate of drug-likeness (QED) is 0.0405. The van der Waals surface area contributed by atoms with E-state index in [1.54, 1.807) is 42.7 Å². The Balaban J connectivity index is 3.76. The molecule has 0 heterocycles. The van der Waals surface area contributed by atoms with Crippen molar-refractivity contribution in [2.75, 3.05) is 42.7 Å². The van der Waals surface area contributed by atoms with Crippen LogP contribution in [0.1, 0.15) is 142 Å². The molecule has 2 unspecified atom stereocenters. The first-order valence-corrected chi connectivity index (χ1v) is 19.8. The lowest BCUT2D eigenvalue weighted by Crippen LogP contribution is -2.35. The lowest BCUT2D eigenvalue weighted by Gasteiger charge is -2.28. The standard InChI is InChI=1S/C32H66O6S3/c1-9-29(25-21-17-13-11-15-19-23-27-31(33-3,34-4)35-5)39-41-40-30(10-2)26-22-18-14-12-16-20-24-28-32(36-6,37-7)38-8/h29-30H,9-28H2,1-8H3. The van der Waals surface area contributed by atoms with Gasteiger partial charge in [0, 0.05) is 66.0 Å². The van der Waals surface area contributed by atoms with Crippen LogP contribution in [0, 0.1) is 0 Å². The summed E-state index contributed by atoms with van der Waals surface area (Å²) in [6, 6.07) is 0. The molecule has 0 radical (unpaired) electrons. The van der Waals surface area contributed by atoms with E-state index in [1.807, 2.05) is 0 Å². The van der Waals surface area contributed by atoms with Gasteiger partial charge >= 0.3 is 0 Å². The molecule has 9 heteroatoms. The predicted molar refractivity (Wildman–Crippen MR) is 182 cm³/mol. The van der Waals surface area contributed by atoms with Gasteiger partial charge < -0.3 is 28.4 Å². The van der Waals surface area contributed by atoms with Gasteiger partial charge in [-0.1, -0.05) is 112 Å². The minimum absolute atomic E-state index is 0.781. The van der Waals surface area contributed by atoms with Crippen LogP contribution >= 0.6 is 31.4 Å². The maximum atomic E-state index is 5.37. The van der Waals surface area contributed by atoms with E-state index in [0.717, 1.165) is 36.2 Å². The topological polar surface area (TPSA) is 55.4 Å². The Labute approximate surface area is 266 Å². The van der Waals surface area contributed by atoms with E-state index in [9.17, 15) is 0 Å². The summed E-state index contributed by atoms with van der Waals surface area (Å²) in [4.78, 5) is 0. The molecule has 0 aliphatic rings. The second kappa shape index (κ2) is 28.3. The number of rotatable bonds is 32. The average molecular weight is 643 g/mol. The van der Waals surface area contributed by atoms with Crippen molar-refractivity contribution in [3.63, 3.8) is 0 Å². The van der Waals surface area contributed by atoms with Crippen LogP contribution in [-0.4, -0.2) is 65.1 Å². The third-order valence-corrected chi connectivity index (χ3v) is 13.5. The first-order valence-electron chi connectivity index (χ1n) is 16.2. The smallest absolute Gasteiger partial charge is 0.282 e. The summed E-state index contributed by atoms with van der Waals surface area (Å²) in [5, 5.41) is 1.58. The van der Waals surface area contributed by atoms with E-state index in [4.69, 9.17) is 28.4 Å². The molecule has 0 spiro atoms. The molecule has 0 fully saturated rings. The molecule has 248 valence electrons. The van der Waals surface area contributed by atoms with Crippen molar-refractivity contribution in [2.24, 2.45) is 0 Å². The normalized spacial score (nSPS) is 14.0. The number of ether oxygens (including phenoxy) is 6. The van der Waals surface area contributed by atoms with Gasteiger partial charge in [-0.2, -0.15) is 0 Å². The van der Waals surface area contributed by atoms with Gasteiger partial charge in [0.05, 0.1) is 0 Å². The summed E-state index contributed by atoms with van der Waals surface area (Å²) in [6.45, 7) is 4.70. The van der Waals surface area contributed by atoms with Crippen LogP contribution in [-0.2, 0) is 28.4 Å². The van der Waals surface area contributed by atoms with E-state index in [-0.39, 0.29) is 0 Å².